The third-order valence-corrected chi connectivity index (χ3v) is 4.23. The predicted molar refractivity (Wildman–Crippen MR) is 117 cm³/mol. The second-order valence-corrected chi connectivity index (χ2v) is 8.11. The molecular weight excluding hydrogens is 404 g/mol. The van der Waals surface area contributed by atoms with Gasteiger partial charge in [0.15, 0.2) is 5.96 Å². The van der Waals surface area contributed by atoms with Crippen molar-refractivity contribution in [2.45, 2.75) is 44.9 Å². The van der Waals surface area contributed by atoms with Crippen LogP contribution in [-0.4, -0.2) is 30.7 Å². The molecule has 2 aromatic carbocycles. The number of benzene rings is 2. The van der Waals surface area contributed by atoms with Gasteiger partial charge in [-0.1, -0.05) is 12.1 Å². The van der Waals surface area contributed by atoms with Gasteiger partial charge in [0, 0.05) is 24.1 Å². The van der Waals surface area contributed by atoms with Gasteiger partial charge in [-0.15, -0.1) is 0 Å². The summed E-state index contributed by atoms with van der Waals surface area (Å²) in [4.78, 5) is 16.9. The number of aliphatic imine (C=N–C) groups is 1. The molecule has 2 aromatic rings. The minimum absolute atomic E-state index is 0.0894. The minimum Gasteiger partial charge on any atom is -0.497 e. The van der Waals surface area contributed by atoms with E-state index in [4.69, 9.17) is 16.2 Å². The maximum atomic E-state index is 14.3. The number of rotatable bonds is 6. The molecule has 6 N–H and O–H groups in total. The van der Waals surface area contributed by atoms with Gasteiger partial charge in [0.1, 0.15) is 23.5 Å². The van der Waals surface area contributed by atoms with E-state index in [1.165, 1.54) is 31.4 Å². The standard InChI is InChI=1S/C22H29F2N5O2/c1-22(2,3)29-21(28-20(30)16-10-9-15(31-4)11-17(16)24)27-19(26)12-18(25)13-5-7-14(23)8-6-13/h5-11,18-19H,12,25-26H2,1-4H3,(H2,27,28,29,30). The molecule has 7 nitrogen and oxygen atoms in total. The average molecular weight is 434 g/mol. The molecule has 2 rings (SSSR count). The van der Waals surface area contributed by atoms with Crippen molar-refractivity contribution in [2.24, 2.45) is 16.5 Å². The van der Waals surface area contributed by atoms with E-state index in [2.05, 4.69) is 15.6 Å². The summed E-state index contributed by atoms with van der Waals surface area (Å²) in [6.07, 6.45) is -0.529. The Bertz CT molecular complexity index is 926. The topological polar surface area (TPSA) is 115 Å². The van der Waals surface area contributed by atoms with Crippen molar-refractivity contribution in [2.75, 3.05) is 7.11 Å². The summed E-state index contributed by atoms with van der Waals surface area (Å²) in [5.74, 6) is -1.39. The van der Waals surface area contributed by atoms with E-state index < -0.39 is 29.5 Å². The van der Waals surface area contributed by atoms with Gasteiger partial charge in [0.2, 0.25) is 0 Å². The maximum absolute atomic E-state index is 14.3. The number of nitrogens with one attached hydrogen (secondary N) is 2. The minimum atomic E-state index is -0.772. The van der Waals surface area contributed by atoms with Crippen molar-refractivity contribution in [3.63, 3.8) is 0 Å². The molecule has 0 saturated carbocycles. The van der Waals surface area contributed by atoms with Gasteiger partial charge in [-0.3, -0.25) is 10.1 Å². The first kappa shape index (κ1) is 24.2. The number of hydrogen-bond donors (Lipinski definition) is 4. The smallest absolute Gasteiger partial charge is 0.260 e. The lowest BCUT2D eigenvalue weighted by atomic mass is 10.0. The van der Waals surface area contributed by atoms with Crippen LogP contribution in [0.15, 0.2) is 47.5 Å². The summed E-state index contributed by atoms with van der Waals surface area (Å²) in [6.45, 7) is 5.62. The third kappa shape index (κ3) is 7.62. The highest BCUT2D eigenvalue weighted by Gasteiger charge is 2.20. The second-order valence-electron chi connectivity index (χ2n) is 8.11. The number of carbonyl (C=O) groups is 1. The summed E-state index contributed by atoms with van der Waals surface area (Å²) >= 11 is 0. The summed E-state index contributed by atoms with van der Waals surface area (Å²) in [7, 11) is 1.41. The van der Waals surface area contributed by atoms with E-state index in [0.29, 0.717) is 11.3 Å². The number of guanidine groups is 1. The highest BCUT2D eigenvalue weighted by atomic mass is 19.1. The van der Waals surface area contributed by atoms with Crippen molar-refractivity contribution in [3.8, 4) is 5.75 Å². The zero-order valence-corrected chi connectivity index (χ0v) is 18.1. The van der Waals surface area contributed by atoms with E-state index in [1.54, 1.807) is 12.1 Å². The number of halogens is 2. The van der Waals surface area contributed by atoms with Crippen LogP contribution in [-0.2, 0) is 0 Å². The number of carbonyl (C=O) groups excluding carboxylic acids is 1. The molecule has 0 bridgehead atoms. The van der Waals surface area contributed by atoms with E-state index >= 15 is 0 Å². The Hall–Kier alpha value is -3.04. The molecule has 1 amide bonds. The van der Waals surface area contributed by atoms with Crippen LogP contribution in [0.5, 0.6) is 5.75 Å². The normalized spacial score (nSPS) is 14.0. The number of methoxy groups -OCH3 is 1. The quantitative estimate of drug-likeness (QED) is 0.413. The van der Waals surface area contributed by atoms with Crippen LogP contribution in [0.1, 0.15) is 49.2 Å². The van der Waals surface area contributed by atoms with Crippen LogP contribution in [0.3, 0.4) is 0 Å². The Morgan fingerprint density at radius 1 is 1.13 bits per heavy atom. The fraction of sp³-hybridized carbons (Fsp3) is 0.364. The Labute approximate surface area is 180 Å². The van der Waals surface area contributed by atoms with Crippen molar-refractivity contribution < 1.29 is 18.3 Å². The van der Waals surface area contributed by atoms with Gasteiger partial charge < -0.3 is 21.5 Å². The number of amides is 1. The molecule has 0 radical (unpaired) electrons. The highest BCUT2D eigenvalue weighted by molar-refractivity contribution is 6.06. The monoisotopic (exact) mass is 433 g/mol. The predicted octanol–water partition coefficient (Wildman–Crippen LogP) is 2.82. The van der Waals surface area contributed by atoms with Crippen LogP contribution in [0.2, 0.25) is 0 Å². The van der Waals surface area contributed by atoms with E-state index in [1.807, 2.05) is 20.8 Å². The SMILES string of the molecule is COc1ccc(C(=O)NC(=NC(N)CC(N)c2ccc(F)cc2)NC(C)(C)C)c(F)c1. The molecule has 168 valence electrons. The molecule has 0 spiro atoms. The van der Waals surface area contributed by atoms with Crippen LogP contribution < -0.4 is 26.8 Å². The van der Waals surface area contributed by atoms with Crippen molar-refractivity contribution in [3.05, 3.63) is 65.2 Å². The zero-order chi connectivity index (χ0) is 23.2. The molecule has 0 aromatic heterocycles. The molecule has 0 heterocycles. The molecular formula is C22H29F2N5O2. The molecule has 0 saturated heterocycles. The first-order valence-electron chi connectivity index (χ1n) is 9.76. The zero-order valence-electron chi connectivity index (χ0n) is 18.1. The van der Waals surface area contributed by atoms with Crippen LogP contribution in [0, 0.1) is 11.6 Å². The maximum Gasteiger partial charge on any atom is 0.260 e. The lowest BCUT2D eigenvalue weighted by molar-refractivity contribution is 0.0971. The molecule has 0 aliphatic rings. The molecule has 0 aliphatic carbocycles. The van der Waals surface area contributed by atoms with Gasteiger partial charge in [-0.05, 0) is 50.6 Å². The molecule has 0 fully saturated rings. The average Bonchev–Trinajstić information content (AvgIpc) is 2.66. The number of nitrogens with two attached hydrogens (primary N) is 2. The van der Waals surface area contributed by atoms with Crippen molar-refractivity contribution in [1.82, 2.24) is 10.6 Å². The fourth-order valence-electron chi connectivity index (χ4n) is 2.76. The van der Waals surface area contributed by atoms with Gasteiger partial charge >= 0.3 is 0 Å². The summed E-state index contributed by atoms with van der Waals surface area (Å²) in [5.41, 5.74) is 12.4. The molecule has 2 unspecified atom stereocenters. The lowest BCUT2D eigenvalue weighted by Gasteiger charge is -2.25. The van der Waals surface area contributed by atoms with Gasteiger partial charge in [-0.2, -0.15) is 0 Å². The van der Waals surface area contributed by atoms with E-state index in [9.17, 15) is 13.6 Å². The van der Waals surface area contributed by atoms with Crippen LogP contribution in [0.4, 0.5) is 8.78 Å². The Morgan fingerprint density at radius 3 is 2.32 bits per heavy atom. The Kier molecular flexibility index (Phi) is 8.07. The van der Waals surface area contributed by atoms with E-state index in [0.717, 1.165) is 6.07 Å². The van der Waals surface area contributed by atoms with Gasteiger partial charge in [0.05, 0.1) is 12.7 Å². The molecule has 0 aliphatic heterocycles. The fourth-order valence-corrected chi connectivity index (χ4v) is 2.76. The lowest BCUT2D eigenvalue weighted by Crippen LogP contribution is -2.50. The van der Waals surface area contributed by atoms with E-state index in [-0.39, 0.29) is 23.8 Å². The largest absolute Gasteiger partial charge is 0.497 e. The molecule has 31 heavy (non-hydrogen) atoms. The Morgan fingerprint density at radius 2 is 1.77 bits per heavy atom. The van der Waals surface area contributed by atoms with Gasteiger partial charge in [-0.25, -0.2) is 13.8 Å². The third-order valence-electron chi connectivity index (χ3n) is 4.23. The highest BCUT2D eigenvalue weighted by Crippen LogP contribution is 2.17. The first-order valence-corrected chi connectivity index (χ1v) is 9.76. The Balaban J connectivity index is 2.17. The van der Waals surface area contributed by atoms with Crippen LogP contribution in [0.25, 0.3) is 0 Å². The first-order chi connectivity index (χ1) is 14.5. The van der Waals surface area contributed by atoms with Crippen LogP contribution >= 0.6 is 0 Å². The number of ether oxygens (including phenoxy) is 1. The molecule has 2 atom stereocenters. The number of hydrogen-bond acceptors (Lipinski definition) is 5. The number of nitrogens with zero attached hydrogens (tertiary/aromatic N) is 1. The second kappa shape index (κ2) is 10.3. The van der Waals surface area contributed by atoms with Crippen molar-refractivity contribution in [1.29, 1.82) is 0 Å². The summed E-state index contributed by atoms with van der Waals surface area (Å²) in [5, 5.41) is 5.62. The van der Waals surface area contributed by atoms with Crippen molar-refractivity contribution >= 4 is 11.9 Å². The summed E-state index contributed by atoms with van der Waals surface area (Å²) < 4.78 is 32.3. The molecule has 9 heteroatoms. The van der Waals surface area contributed by atoms with Gasteiger partial charge in [0.25, 0.3) is 5.91 Å². The summed E-state index contributed by atoms with van der Waals surface area (Å²) in [6, 6.07) is 9.25.